The third-order valence-electron chi connectivity index (χ3n) is 13.7. The third-order valence-corrected chi connectivity index (χ3v) is 13.7. The van der Waals surface area contributed by atoms with Gasteiger partial charge in [-0.3, -0.25) is 0 Å². The van der Waals surface area contributed by atoms with Crippen LogP contribution in [0.4, 0.5) is 0 Å². The first kappa shape index (κ1) is 23.4. The highest BCUT2D eigenvalue weighted by Gasteiger charge is 2.82. The van der Waals surface area contributed by atoms with E-state index in [4.69, 9.17) is 0 Å². The summed E-state index contributed by atoms with van der Waals surface area (Å²) >= 11 is 0. The zero-order valence-corrected chi connectivity index (χ0v) is 22.4. The molecule has 182 valence electrons. The van der Waals surface area contributed by atoms with Crippen LogP contribution in [0.3, 0.4) is 0 Å². The van der Waals surface area contributed by atoms with Crippen molar-refractivity contribution >= 4 is 0 Å². The van der Waals surface area contributed by atoms with Crippen LogP contribution in [0, 0.1) is 56.7 Å². The number of aliphatic hydroxyl groups excluding tert-OH is 1. The van der Waals surface area contributed by atoms with Gasteiger partial charge in [-0.15, -0.1) is 0 Å². The minimum absolute atomic E-state index is 0.0879. The maximum atomic E-state index is 10.9. The lowest BCUT2D eigenvalue weighted by molar-refractivity contribution is -0.161. The molecule has 1 N–H and O–H groups in total. The minimum Gasteiger partial charge on any atom is -0.393 e. The Labute approximate surface area is 199 Å². The van der Waals surface area contributed by atoms with Crippen molar-refractivity contribution in [3.63, 3.8) is 0 Å². The van der Waals surface area contributed by atoms with Gasteiger partial charge in [-0.2, -0.15) is 0 Å². The molecule has 2 spiro atoms. The van der Waals surface area contributed by atoms with Crippen LogP contribution >= 0.6 is 0 Å². The molecule has 1 heteroatoms. The summed E-state index contributed by atoms with van der Waals surface area (Å²) in [6, 6.07) is 0. The highest BCUT2D eigenvalue weighted by atomic mass is 16.3. The molecule has 0 aromatic rings. The van der Waals surface area contributed by atoms with Gasteiger partial charge >= 0.3 is 0 Å². The van der Waals surface area contributed by atoms with Gasteiger partial charge in [0.2, 0.25) is 0 Å². The van der Waals surface area contributed by atoms with E-state index in [1.165, 1.54) is 69.8 Å². The largest absolute Gasteiger partial charge is 0.393 e. The maximum Gasteiger partial charge on any atom is 0.0594 e. The Bertz CT molecular complexity index is 781. The number of aliphatic hydroxyl groups is 1. The number of fused-ring (bicyclic) bond motifs is 2. The Morgan fingerprint density at radius 3 is 2.19 bits per heavy atom. The van der Waals surface area contributed by atoms with Crippen molar-refractivity contribution in [3.8, 4) is 0 Å². The Morgan fingerprint density at radius 1 is 0.844 bits per heavy atom. The molecule has 0 radical (unpaired) electrons. The second kappa shape index (κ2) is 7.11. The van der Waals surface area contributed by atoms with E-state index in [1.54, 1.807) is 0 Å². The molecule has 0 aromatic carbocycles. The molecule has 5 rings (SSSR count). The standard InChI is InChI=1S/C31H52O/c1-20(2)21(3)9-10-22(4)23-13-15-29(8)25-12-11-24-27(5,6)26(32)14-16-30(24)19-31(25,30)18-17-28(23,29)7/h21-26,32H,1,9-19H2,2-8H3/t21?,22-,23-,24?,25+,26+,28-,29+,30-,31?/m1/s1. The highest BCUT2D eigenvalue weighted by molar-refractivity contribution is 5.30. The lowest BCUT2D eigenvalue weighted by Crippen LogP contribution is -2.57. The van der Waals surface area contributed by atoms with Crippen LogP contribution in [0.15, 0.2) is 12.2 Å². The van der Waals surface area contributed by atoms with Gasteiger partial charge in [0.25, 0.3) is 0 Å². The first-order valence-corrected chi connectivity index (χ1v) is 14.2. The summed E-state index contributed by atoms with van der Waals surface area (Å²) in [6.45, 7) is 21.6. The predicted molar refractivity (Wildman–Crippen MR) is 135 cm³/mol. The summed E-state index contributed by atoms with van der Waals surface area (Å²) in [4.78, 5) is 0. The molecule has 5 saturated carbocycles. The topological polar surface area (TPSA) is 20.2 Å². The second-order valence-electron chi connectivity index (χ2n) is 14.8. The molecule has 5 fully saturated rings. The third kappa shape index (κ3) is 2.73. The van der Waals surface area contributed by atoms with Gasteiger partial charge < -0.3 is 5.11 Å². The fourth-order valence-electron chi connectivity index (χ4n) is 11.3. The van der Waals surface area contributed by atoms with E-state index in [0.717, 1.165) is 30.1 Å². The van der Waals surface area contributed by atoms with E-state index >= 15 is 0 Å². The molecular weight excluding hydrogens is 388 g/mol. The molecule has 0 aliphatic heterocycles. The first-order valence-electron chi connectivity index (χ1n) is 14.2. The molecule has 32 heavy (non-hydrogen) atoms. The summed E-state index contributed by atoms with van der Waals surface area (Å²) in [5, 5.41) is 10.9. The second-order valence-corrected chi connectivity index (χ2v) is 14.8. The van der Waals surface area contributed by atoms with Crippen LogP contribution in [0.1, 0.15) is 119 Å². The summed E-state index contributed by atoms with van der Waals surface area (Å²) in [6.07, 6.45) is 15.1. The monoisotopic (exact) mass is 440 g/mol. The van der Waals surface area contributed by atoms with Crippen molar-refractivity contribution in [1.82, 2.24) is 0 Å². The maximum absolute atomic E-state index is 10.9. The molecule has 10 atom stereocenters. The molecule has 0 aromatic heterocycles. The van der Waals surface area contributed by atoms with Gasteiger partial charge in [-0.05, 0) is 134 Å². The van der Waals surface area contributed by atoms with E-state index in [-0.39, 0.29) is 11.5 Å². The average Bonchev–Trinajstić information content (AvgIpc) is 3.31. The number of hydrogen-bond donors (Lipinski definition) is 1. The van der Waals surface area contributed by atoms with E-state index in [2.05, 4.69) is 55.0 Å². The van der Waals surface area contributed by atoms with Gasteiger partial charge in [0.1, 0.15) is 0 Å². The van der Waals surface area contributed by atoms with Gasteiger partial charge in [0, 0.05) is 0 Å². The molecule has 1 nitrogen and oxygen atoms in total. The molecule has 3 unspecified atom stereocenters. The summed E-state index contributed by atoms with van der Waals surface area (Å²) < 4.78 is 0. The van der Waals surface area contributed by atoms with Gasteiger partial charge in [0.15, 0.2) is 0 Å². The van der Waals surface area contributed by atoms with Gasteiger partial charge in [-0.1, -0.05) is 53.7 Å². The Morgan fingerprint density at radius 2 is 1.50 bits per heavy atom. The van der Waals surface area contributed by atoms with Gasteiger partial charge in [0.05, 0.1) is 6.10 Å². The predicted octanol–water partition coefficient (Wildman–Crippen LogP) is 8.41. The summed E-state index contributed by atoms with van der Waals surface area (Å²) in [7, 11) is 0. The Hall–Kier alpha value is -0.300. The SMILES string of the molecule is C=C(C)C(C)CC[C@@H](C)[C@H]1CC[C@@]2(C)[C@@H]3CCC4C(C)(C)[C@@H](O)CC[C@@]45CC35CC[C@]12C. The lowest BCUT2D eigenvalue weighted by atomic mass is 9.41. The van der Waals surface area contributed by atoms with Crippen LogP contribution in [0.2, 0.25) is 0 Å². The summed E-state index contributed by atoms with van der Waals surface area (Å²) in [5.74, 6) is 4.09. The average molecular weight is 441 g/mol. The number of rotatable bonds is 5. The number of hydrogen-bond acceptors (Lipinski definition) is 1. The molecule has 0 amide bonds. The Balaban J connectivity index is 1.39. The van der Waals surface area contributed by atoms with E-state index in [1.807, 2.05) is 0 Å². The highest BCUT2D eigenvalue weighted by Crippen LogP contribution is 2.89. The molecule has 5 aliphatic rings. The van der Waals surface area contributed by atoms with Crippen molar-refractivity contribution < 1.29 is 5.11 Å². The lowest BCUT2D eigenvalue weighted by Gasteiger charge is -2.63. The van der Waals surface area contributed by atoms with Crippen LogP contribution in [-0.2, 0) is 0 Å². The van der Waals surface area contributed by atoms with Crippen molar-refractivity contribution in [2.45, 2.75) is 125 Å². The Kier molecular flexibility index (Phi) is 5.21. The molecule has 0 heterocycles. The van der Waals surface area contributed by atoms with Crippen LogP contribution < -0.4 is 0 Å². The molecular formula is C31H52O. The molecule has 0 saturated heterocycles. The van der Waals surface area contributed by atoms with Gasteiger partial charge in [-0.25, -0.2) is 0 Å². The van der Waals surface area contributed by atoms with Crippen molar-refractivity contribution in [3.05, 3.63) is 12.2 Å². The van der Waals surface area contributed by atoms with Crippen LogP contribution in [0.25, 0.3) is 0 Å². The number of allylic oxidation sites excluding steroid dienone is 1. The van der Waals surface area contributed by atoms with E-state index in [9.17, 15) is 5.11 Å². The fourth-order valence-corrected chi connectivity index (χ4v) is 11.3. The van der Waals surface area contributed by atoms with Crippen molar-refractivity contribution in [1.29, 1.82) is 0 Å². The zero-order valence-electron chi connectivity index (χ0n) is 22.4. The zero-order chi connectivity index (χ0) is 23.3. The minimum atomic E-state index is -0.0879. The van der Waals surface area contributed by atoms with Crippen LogP contribution in [-0.4, -0.2) is 11.2 Å². The molecule has 5 aliphatic carbocycles. The summed E-state index contributed by atoms with van der Waals surface area (Å²) in [5.41, 5.74) is 3.71. The quantitative estimate of drug-likeness (QED) is 0.425. The normalized spacial score (nSPS) is 52.8. The first-order chi connectivity index (χ1) is 14.9. The van der Waals surface area contributed by atoms with Crippen molar-refractivity contribution in [2.24, 2.45) is 56.7 Å². The molecule has 0 bridgehead atoms. The smallest absolute Gasteiger partial charge is 0.0594 e. The van der Waals surface area contributed by atoms with Crippen molar-refractivity contribution in [2.75, 3.05) is 0 Å². The van der Waals surface area contributed by atoms with E-state index < -0.39 is 0 Å². The van der Waals surface area contributed by atoms with E-state index in [0.29, 0.717) is 27.6 Å². The fraction of sp³-hybridized carbons (Fsp3) is 0.935. The van der Waals surface area contributed by atoms with Crippen LogP contribution in [0.5, 0.6) is 0 Å².